The molecule has 0 aliphatic heterocycles. The molecule has 0 amide bonds. The van der Waals surface area contributed by atoms with E-state index in [2.05, 4.69) is 71.1 Å². The van der Waals surface area contributed by atoms with E-state index in [0.717, 1.165) is 22.2 Å². The molecule has 0 saturated heterocycles. The number of nitrogens with zero attached hydrogens (tertiary/aromatic N) is 3. The molecule has 0 atom stereocenters. The highest BCUT2D eigenvalue weighted by Crippen LogP contribution is 2.30. The van der Waals surface area contributed by atoms with Gasteiger partial charge in [-0.3, -0.25) is 4.57 Å². The number of benzene rings is 2. The third-order valence-electron chi connectivity index (χ3n) is 3.81. The molecule has 0 saturated carbocycles. The zero-order valence-corrected chi connectivity index (χ0v) is 12.0. The molecule has 4 rings (SSSR count). The smallest absolute Gasteiger partial charge is 0.168 e. The summed E-state index contributed by atoms with van der Waals surface area (Å²) >= 11 is 0. The molecule has 0 bridgehead atoms. The van der Waals surface area contributed by atoms with E-state index in [0.29, 0.717) is 0 Å². The van der Waals surface area contributed by atoms with Crippen molar-refractivity contribution in [1.82, 2.24) is 14.8 Å². The number of fused-ring (bicyclic) bond motifs is 3. The highest BCUT2D eigenvalue weighted by atomic mass is 15.2. The van der Waals surface area contributed by atoms with Crippen LogP contribution in [-0.4, -0.2) is 14.8 Å². The maximum absolute atomic E-state index is 4.37. The molecule has 3 heteroatoms. The monoisotopic (exact) mass is 273 g/mol. The first-order valence-electron chi connectivity index (χ1n) is 7.03. The zero-order valence-electron chi connectivity index (χ0n) is 12.0. The molecule has 2 aromatic heterocycles. The third-order valence-corrected chi connectivity index (χ3v) is 3.81. The second-order valence-electron chi connectivity index (χ2n) is 5.47. The Morgan fingerprint density at radius 1 is 0.857 bits per heavy atom. The summed E-state index contributed by atoms with van der Waals surface area (Å²) in [6, 6.07) is 17.0. The van der Waals surface area contributed by atoms with Gasteiger partial charge in [0.1, 0.15) is 0 Å². The standard InChI is InChI=1S/C18H15N3/c1-12-9-13(2)11-14(10-12)21-17-6-4-3-5-15(17)16-7-8-19-20-18(16)21/h3-11H,1-2H3. The van der Waals surface area contributed by atoms with Gasteiger partial charge in [-0.15, -0.1) is 5.10 Å². The van der Waals surface area contributed by atoms with Gasteiger partial charge < -0.3 is 0 Å². The van der Waals surface area contributed by atoms with Crippen molar-refractivity contribution in [2.75, 3.05) is 0 Å². The van der Waals surface area contributed by atoms with Crippen LogP contribution in [0.5, 0.6) is 0 Å². The molecule has 2 aromatic carbocycles. The molecule has 0 aliphatic rings. The van der Waals surface area contributed by atoms with Gasteiger partial charge in [-0.05, 0) is 49.2 Å². The Labute approximate surface area is 122 Å². The SMILES string of the molecule is Cc1cc(C)cc(-n2c3ccccc3c3ccnnc32)c1. The molecule has 0 unspecified atom stereocenters. The maximum atomic E-state index is 4.37. The van der Waals surface area contributed by atoms with Crippen LogP contribution in [0.25, 0.3) is 27.6 Å². The van der Waals surface area contributed by atoms with Gasteiger partial charge in [-0.25, -0.2) is 0 Å². The number of aryl methyl sites for hydroxylation is 2. The van der Waals surface area contributed by atoms with Gasteiger partial charge in [0.15, 0.2) is 5.65 Å². The lowest BCUT2D eigenvalue weighted by Gasteiger charge is -2.09. The van der Waals surface area contributed by atoms with Gasteiger partial charge in [-0.2, -0.15) is 5.10 Å². The predicted octanol–water partition coefficient (Wildman–Crippen LogP) is 4.19. The first-order chi connectivity index (χ1) is 10.2. The first-order valence-corrected chi connectivity index (χ1v) is 7.03. The van der Waals surface area contributed by atoms with Gasteiger partial charge in [0.2, 0.25) is 0 Å². The van der Waals surface area contributed by atoms with Crippen molar-refractivity contribution >= 4 is 21.9 Å². The molecular weight excluding hydrogens is 258 g/mol. The maximum Gasteiger partial charge on any atom is 0.168 e. The van der Waals surface area contributed by atoms with E-state index in [1.165, 1.54) is 16.5 Å². The van der Waals surface area contributed by atoms with E-state index in [-0.39, 0.29) is 0 Å². The van der Waals surface area contributed by atoms with Crippen molar-refractivity contribution in [2.45, 2.75) is 13.8 Å². The predicted molar refractivity (Wildman–Crippen MR) is 85.8 cm³/mol. The van der Waals surface area contributed by atoms with E-state index < -0.39 is 0 Å². The van der Waals surface area contributed by atoms with Crippen molar-refractivity contribution in [3.8, 4) is 5.69 Å². The van der Waals surface area contributed by atoms with E-state index in [1.54, 1.807) is 6.20 Å². The number of aromatic nitrogens is 3. The summed E-state index contributed by atoms with van der Waals surface area (Å²) in [5.41, 5.74) is 5.71. The van der Waals surface area contributed by atoms with E-state index in [4.69, 9.17) is 0 Å². The Morgan fingerprint density at radius 3 is 2.43 bits per heavy atom. The lowest BCUT2D eigenvalue weighted by molar-refractivity contribution is 1.02. The summed E-state index contributed by atoms with van der Waals surface area (Å²) in [5.74, 6) is 0. The number of hydrogen-bond acceptors (Lipinski definition) is 2. The third kappa shape index (κ3) is 1.82. The van der Waals surface area contributed by atoms with Crippen LogP contribution in [0.4, 0.5) is 0 Å². The van der Waals surface area contributed by atoms with Crippen molar-refractivity contribution in [1.29, 1.82) is 0 Å². The Hall–Kier alpha value is -2.68. The molecule has 0 fully saturated rings. The Bertz CT molecular complexity index is 893. The molecule has 0 spiro atoms. The Balaban J connectivity index is 2.20. The van der Waals surface area contributed by atoms with Gasteiger partial charge in [-0.1, -0.05) is 24.3 Å². The normalized spacial score (nSPS) is 11.3. The summed E-state index contributed by atoms with van der Waals surface area (Å²) in [5, 5.41) is 10.8. The second-order valence-corrected chi connectivity index (χ2v) is 5.47. The van der Waals surface area contributed by atoms with Crippen molar-refractivity contribution in [3.05, 3.63) is 65.9 Å². The molecule has 21 heavy (non-hydrogen) atoms. The summed E-state index contributed by atoms with van der Waals surface area (Å²) in [6.07, 6.45) is 1.75. The van der Waals surface area contributed by atoms with Crippen molar-refractivity contribution < 1.29 is 0 Å². The van der Waals surface area contributed by atoms with Crippen LogP contribution in [0.1, 0.15) is 11.1 Å². The van der Waals surface area contributed by atoms with Crippen LogP contribution in [0.15, 0.2) is 54.7 Å². The quantitative estimate of drug-likeness (QED) is 0.520. The molecule has 0 N–H and O–H groups in total. The van der Waals surface area contributed by atoms with Crippen LogP contribution >= 0.6 is 0 Å². The van der Waals surface area contributed by atoms with Gasteiger partial charge in [0.25, 0.3) is 0 Å². The molecular formula is C18H15N3. The van der Waals surface area contributed by atoms with Crippen LogP contribution < -0.4 is 0 Å². The number of hydrogen-bond donors (Lipinski definition) is 0. The number of para-hydroxylation sites is 1. The van der Waals surface area contributed by atoms with Crippen LogP contribution in [0.2, 0.25) is 0 Å². The molecule has 4 aromatic rings. The average Bonchev–Trinajstić information content (AvgIpc) is 2.81. The fraction of sp³-hybridized carbons (Fsp3) is 0.111. The van der Waals surface area contributed by atoms with Crippen LogP contribution in [0.3, 0.4) is 0 Å². The van der Waals surface area contributed by atoms with Gasteiger partial charge in [0, 0.05) is 16.5 Å². The fourth-order valence-electron chi connectivity index (χ4n) is 3.05. The Morgan fingerprint density at radius 2 is 1.62 bits per heavy atom. The Kier molecular flexibility index (Phi) is 2.54. The number of rotatable bonds is 1. The molecule has 102 valence electrons. The summed E-state index contributed by atoms with van der Waals surface area (Å²) in [7, 11) is 0. The lowest BCUT2D eigenvalue weighted by atomic mass is 10.1. The minimum Gasteiger partial charge on any atom is -0.292 e. The minimum atomic E-state index is 0.906. The van der Waals surface area contributed by atoms with E-state index in [9.17, 15) is 0 Å². The highest BCUT2D eigenvalue weighted by molar-refractivity contribution is 6.07. The van der Waals surface area contributed by atoms with Crippen molar-refractivity contribution in [3.63, 3.8) is 0 Å². The minimum absolute atomic E-state index is 0.906. The van der Waals surface area contributed by atoms with Crippen LogP contribution in [0, 0.1) is 13.8 Å². The largest absolute Gasteiger partial charge is 0.292 e. The van der Waals surface area contributed by atoms with Crippen molar-refractivity contribution in [2.24, 2.45) is 0 Å². The van der Waals surface area contributed by atoms with E-state index in [1.807, 2.05) is 6.07 Å². The van der Waals surface area contributed by atoms with Crippen LogP contribution in [-0.2, 0) is 0 Å². The fourth-order valence-corrected chi connectivity index (χ4v) is 3.05. The molecule has 2 heterocycles. The lowest BCUT2D eigenvalue weighted by Crippen LogP contribution is -1.97. The zero-order chi connectivity index (χ0) is 14.4. The first kappa shape index (κ1) is 12.1. The molecule has 0 aliphatic carbocycles. The second kappa shape index (κ2) is 4.42. The average molecular weight is 273 g/mol. The summed E-state index contributed by atoms with van der Waals surface area (Å²) < 4.78 is 2.19. The highest BCUT2D eigenvalue weighted by Gasteiger charge is 2.13. The topological polar surface area (TPSA) is 30.7 Å². The van der Waals surface area contributed by atoms with Gasteiger partial charge >= 0.3 is 0 Å². The summed E-state index contributed by atoms with van der Waals surface area (Å²) in [6.45, 7) is 4.24. The van der Waals surface area contributed by atoms with E-state index >= 15 is 0 Å². The molecule has 0 radical (unpaired) electrons. The van der Waals surface area contributed by atoms with Gasteiger partial charge in [0.05, 0.1) is 11.7 Å². The molecule has 3 nitrogen and oxygen atoms in total. The summed E-state index contributed by atoms with van der Waals surface area (Å²) in [4.78, 5) is 0.